The van der Waals surface area contributed by atoms with Crippen LogP contribution < -0.4 is 21.3 Å². The van der Waals surface area contributed by atoms with Gasteiger partial charge in [-0.05, 0) is 61.0 Å². The van der Waals surface area contributed by atoms with Crippen molar-refractivity contribution in [1.82, 2.24) is 20.3 Å². The number of carbonyl (C=O) groups is 2. The van der Waals surface area contributed by atoms with Crippen LogP contribution in [0, 0.1) is 0 Å². The van der Waals surface area contributed by atoms with E-state index >= 15 is 0 Å². The molecule has 298 valence electrons. The second-order valence-corrected chi connectivity index (χ2v) is 12.4. The van der Waals surface area contributed by atoms with E-state index in [2.05, 4.69) is 70.5 Å². The molecule has 4 rings (SSSR count). The molecule has 1 aromatic heterocycles. The Morgan fingerprint density at radius 3 is 1.91 bits per heavy atom. The first-order valence-electron chi connectivity index (χ1n) is 18.9. The second-order valence-electron chi connectivity index (χ2n) is 12.4. The van der Waals surface area contributed by atoms with Gasteiger partial charge in [0.15, 0.2) is 5.78 Å². The third-order valence-corrected chi connectivity index (χ3v) is 8.05. The van der Waals surface area contributed by atoms with Gasteiger partial charge in [-0.25, -0.2) is 0 Å². The Hall–Kier alpha value is -5.64. The average Bonchev–Trinajstić information content (AvgIpc) is 3.23. The van der Waals surface area contributed by atoms with Gasteiger partial charge >= 0.3 is 0 Å². The molecule has 1 heterocycles. The summed E-state index contributed by atoms with van der Waals surface area (Å²) in [5.41, 5.74) is 11.5. The van der Waals surface area contributed by atoms with Crippen molar-refractivity contribution in [3.05, 3.63) is 112 Å². The fourth-order valence-electron chi connectivity index (χ4n) is 5.19. The van der Waals surface area contributed by atoms with Crippen LogP contribution >= 0.6 is 0 Å². The van der Waals surface area contributed by atoms with Crippen molar-refractivity contribution in [2.24, 2.45) is 5.11 Å². The van der Waals surface area contributed by atoms with Crippen LogP contribution in [0.5, 0.6) is 0 Å². The maximum Gasteiger partial charge on any atom is 0.251 e. The molecule has 0 fully saturated rings. The van der Waals surface area contributed by atoms with Crippen molar-refractivity contribution in [2.45, 2.75) is 32.1 Å². The Morgan fingerprint density at radius 2 is 1.21 bits per heavy atom. The predicted molar refractivity (Wildman–Crippen MR) is 216 cm³/mol. The van der Waals surface area contributed by atoms with Crippen LogP contribution in [0.25, 0.3) is 10.4 Å². The third-order valence-electron chi connectivity index (χ3n) is 8.05. The zero-order valence-corrected chi connectivity index (χ0v) is 31.7. The second kappa shape index (κ2) is 27.0. The van der Waals surface area contributed by atoms with Crippen molar-refractivity contribution in [2.75, 3.05) is 95.0 Å². The van der Waals surface area contributed by atoms with Crippen molar-refractivity contribution < 1.29 is 28.5 Å². The summed E-state index contributed by atoms with van der Waals surface area (Å²) < 4.78 is 22.1. The molecule has 3 aromatic carbocycles. The highest BCUT2D eigenvalue weighted by Crippen LogP contribution is 2.17. The molecule has 0 atom stereocenters. The van der Waals surface area contributed by atoms with Crippen molar-refractivity contribution in [3.63, 3.8) is 0 Å². The number of carbonyl (C=O) groups excluding carboxylic acids is 2. The number of azide groups is 1. The van der Waals surface area contributed by atoms with E-state index in [-0.39, 0.29) is 18.2 Å². The summed E-state index contributed by atoms with van der Waals surface area (Å²) in [4.78, 5) is 41.2. The predicted octanol–water partition coefficient (Wildman–Crippen LogP) is 6.23. The lowest BCUT2D eigenvalue weighted by atomic mass is 10.1. The summed E-state index contributed by atoms with van der Waals surface area (Å²) in [7, 11) is 0. The number of hydrogen-bond donors (Lipinski definition) is 4. The molecule has 1 amide bonds. The molecule has 0 spiro atoms. The number of aromatic nitrogens is 3. The third kappa shape index (κ3) is 18.1. The molecule has 4 aromatic rings. The van der Waals surface area contributed by atoms with Crippen LogP contribution in [0.2, 0.25) is 0 Å². The standard InChI is InChI=1S/C40H52N10O6/c41-50-45-23-27-56-31-30-54-25-21-42-37(52)34-16-18-35(19-17-34)46-40-48-38(43-20-8-7-12-32-10-3-1-4-11-32)47-39(49-40)44-22-26-55-29-28-53-24-9-15-36(51)33-13-5-2-6-14-33/h1-6,10-11,13-14,16-19H,7-9,12,15,20-31H2,(H,42,52)(H3,43,44,46,47,48,49). The van der Waals surface area contributed by atoms with E-state index in [0.717, 1.165) is 24.8 Å². The maximum atomic E-state index is 12.6. The summed E-state index contributed by atoms with van der Waals surface area (Å²) in [6.45, 7) is 4.98. The normalized spacial score (nSPS) is 10.7. The number of amides is 1. The highest BCUT2D eigenvalue weighted by molar-refractivity contribution is 5.96. The van der Waals surface area contributed by atoms with Crippen molar-refractivity contribution >= 4 is 35.2 Å². The lowest BCUT2D eigenvalue weighted by Crippen LogP contribution is -2.27. The number of Topliss-reactive ketones (excluding diaryl/α,β-unsaturated/α-hetero) is 1. The molecule has 0 radical (unpaired) electrons. The highest BCUT2D eigenvalue weighted by atomic mass is 16.5. The van der Waals surface area contributed by atoms with Crippen molar-refractivity contribution in [1.29, 1.82) is 0 Å². The zero-order valence-electron chi connectivity index (χ0n) is 31.7. The number of unbranched alkanes of at least 4 members (excludes halogenated alkanes) is 1. The molecule has 0 aliphatic carbocycles. The fourth-order valence-corrected chi connectivity index (χ4v) is 5.19. The van der Waals surface area contributed by atoms with E-state index in [1.54, 1.807) is 24.3 Å². The van der Waals surface area contributed by atoms with Crippen LogP contribution in [0.1, 0.15) is 52.0 Å². The van der Waals surface area contributed by atoms with E-state index in [4.69, 9.17) is 24.5 Å². The molecule has 4 N–H and O–H groups in total. The lowest BCUT2D eigenvalue weighted by molar-refractivity contribution is 0.0497. The maximum absolute atomic E-state index is 12.6. The summed E-state index contributed by atoms with van der Waals surface area (Å²) in [6.07, 6.45) is 4.07. The van der Waals surface area contributed by atoms with Gasteiger partial charge in [0.2, 0.25) is 17.8 Å². The highest BCUT2D eigenvalue weighted by Gasteiger charge is 2.10. The van der Waals surface area contributed by atoms with Gasteiger partial charge in [-0.2, -0.15) is 15.0 Å². The van der Waals surface area contributed by atoms with E-state index in [1.807, 2.05) is 36.4 Å². The van der Waals surface area contributed by atoms with Gasteiger partial charge in [0, 0.05) is 60.9 Å². The molecule has 0 aliphatic rings. The summed E-state index contributed by atoms with van der Waals surface area (Å²) in [5.74, 6) is 1.05. The molecule has 0 unspecified atom stereocenters. The van der Waals surface area contributed by atoms with E-state index in [0.29, 0.717) is 114 Å². The van der Waals surface area contributed by atoms with E-state index < -0.39 is 0 Å². The molecule has 0 saturated heterocycles. The minimum absolute atomic E-state index is 0.118. The zero-order chi connectivity index (χ0) is 39.3. The first-order valence-corrected chi connectivity index (χ1v) is 18.9. The minimum Gasteiger partial charge on any atom is -0.379 e. The molecule has 56 heavy (non-hydrogen) atoms. The minimum atomic E-state index is -0.222. The van der Waals surface area contributed by atoms with Gasteiger partial charge in [-0.15, -0.1) is 0 Å². The van der Waals surface area contributed by atoms with E-state index in [9.17, 15) is 9.59 Å². The topological polar surface area (TPSA) is 207 Å². The Labute approximate surface area is 327 Å². The lowest BCUT2D eigenvalue weighted by Gasteiger charge is -2.12. The fraction of sp³-hybridized carbons (Fsp3) is 0.425. The molecule has 16 nitrogen and oxygen atoms in total. The van der Waals surface area contributed by atoms with E-state index in [1.165, 1.54) is 5.56 Å². The van der Waals surface area contributed by atoms with Crippen LogP contribution in [0.4, 0.5) is 23.5 Å². The summed E-state index contributed by atoms with van der Waals surface area (Å²) in [5, 5.41) is 16.0. The smallest absolute Gasteiger partial charge is 0.251 e. The van der Waals surface area contributed by atoms with Gasteiger partial charge in [-0.1, -0.05) is 65.8 Å². The number of benzene rings is 3. The number of rotatable bonds is 30. The SMILES string of the molecule is [N-]=[N+]=NCCOCCOCCNC(=O)c1ccc(Nc2nc(NCCCCc3ccccc3)nc(NCCOCCOCCCC(=O)c3ccccc3)n2)cc1. The number of ketones is 1. The summed E-state index contributed by atoms with van der Waals surface area (Å²) in [6, 6.07) is 26.7. The molecule has 0 bridgehead atoms. The quantitative estimate of drug-likeness (QED) is 0.0153. The Bertz CT molecular complexity index is 1750. The molecule has 0 saturated carbocycles. The van der Waals surface area contributed by atoms with Crippen molar-refractivity contribution in [3.8, 4) is 0 Å². The number of aryl methyl sites for hydroxylation is 1. The van der Waals surface area contributed by atoms with Gasteiger partial charge in [-0.3, -0.25) is 9.59 Å². The first kappa shape index (κ1) is 43.1. The Kier molecular flexibility index (Phi) is 20.8. The monoisotopic (exact) mass is 768 g/mol. The number of nitrogens with zero attached hydrogens (tertiary/aromatic N) is 6. The molecular formula is C40H52N10O6. The Morgan fingerprint density at radius 1 is 0.607 bits per heavy atom. The number of ether oxygens (including phenoxy) is 4. The van der Waals surface area contributed by atoms with Gasteiger partial charge in [0.25, 0.3) is 5.91 Å². The number of hydrogen-bond acceptors (Lipinski definition) is 13. The van der Waals surface area contributed by atoms with Gasteiger partial charge in [0.1, 0.15) is 0 Å². The average molecular weight is 769 g/mol. The molecule has 0 aliphatic heterocycles. The van der Waals surface area contributed by atoms with Gasteiger partial charge < -0.3 is 40.2 Å². The Balaban J connectivity index is 1.18. The molecular weight excluding hydrogens is 717 g/mol. The number of nitrogens with one attached hydrogen (secondary N) is 4. The van der Waals surface area contributed by atoms with Crippen LogP contribution in [0.15, 0.2) is 90.0 Å². The first-order chi connectivity index (χ1) is 27.6. The van der Waals surface area contributed by atoms with Crippen LogP contribution in [-0.2, 0) is 25.4 Å². The summed E-state index contributed by atoms with van der Waals surface area (Å²) >= 11 is 0. The van der Waals surface area contributed by atoms with Crippen LogP contribution in [0.3, 0.4) is 0 Å². The van der Waals surface area contributed by atoms with Crippen LogP contribution in [-0.4, -0.2) is 106 Å². The largest absolute Gasteiger partial charge is 0.379 e. The number of anilines is 4. The molecule has 16 heteroatoms. The van der Waals surface area contributed by atoms with Gasteiger partial charge in [0.05, 0.1) is 46.2 Å².